The Hall–Kier alpha value is -0.800. The van der Waals surface area contributed by atoms with Crippen molar-refractivity contribution in [2.75, 3.05) is 18.1 Å². The summed E-state index contributed by atoms with van der Waals surface area (Å²) in [7, 11) is 0. The normalized spacial score (nSPS) is 16.1. The van der Waals surface area contributed by atoms with Gasteiger partial charge in [-0.15, -0.1) is 0 Å². The Morgan fingerprint density at radius 2 is 2.31 bits per heavy atom. The van der Waals surface area contributed by atoms with E-state index in [1.54, 1.807) is 0 Å². The summed E-state index contributed by atoms with van der Waals surface area (Å²) in [6.07, 6.45) is 0. The van der Waals surface area contributed by atoms with Crippen LogP contribution in [-0.2, 0) is 4.74 Å². The molecule has 0 spiro atoms. The van der Waals surface area contributed by atoms with Crippen LogP contribution in [0.15, 0.2) is 24.3 Å². The van der Waals surface area contributed by atoms with Crippen molar-refractivity contribution in [3.63, 3.8) is 0 Å². The lowest BCUT2D eigenvalue weighted by molar-refractivity contribution is 0.361. The van der Waals surface area contributed by atoms with Crippen molar-refractivity contribution in [3.05, 3.63) is 29.3 Å². The largest absolute Gasteiger partial charge is 0.469 e. The Morgan fingerprint density at radius 3 is 2.92 bits per heavy atom. The average molecular weight is 214 g/mol. The smallest absolute Gasteiger partial charge is 0.264 e. The highest BCUT2D eigenvalue weighted by atomic mass is 35.5. The van der Waals surface area contributed by atoms with E-state index in [-0.39, 0.29) is 0 Å². The maximum Gasteiger partial charge on any atom is 0.264 e. The maximum absolute atomic E-state index is 5.86. The Labute approximate surface area is 87.1 Å². The molecular weight excluding hydrogens is 206 g/mol. The number of hydrogen-bond acceptors (Lipinski definition) is 2. The third kappa shape index (κ3) is 1.76. The van der Waals surface area contributed by atoms with Crippen LogP contribution in [0.5, 0.6) is 0 Å². The predicted octanol–water partition coefficient (Wildman–Crippen LogP) is 2.46. The van der Waals surface area contributed by atoms with Gasteiger partial charge in [0.05, 0.1) is 6.54 Å². The minimum Gasteiger partial charge on any atom is -0.469 e. The first-order valence-corrected chi connectivity index (χ1v) is 4.76. The van der Waals surface area contributed by atoms with E-state index in [1.165, 1.54) is 0 Å². The van der Waals surface area contributed by atoms with Crippen LogP contribution in [0, 0.1) is 0 Å². The molecular formula is C9H8ClNOS. The Balaban J connectivity index is 2.29. The molecule has 1 heterocycles. The number of ether oxygens (including phenoxy) is 1. The van der Waals surface area contributed by atoms with Gasteiger partial charge in [0.25, 0.3) is 5.17 Å². The number of rotatable bonds is 1. The molecule has 68 valence electrons. The molecule has 1 saturated heterocycles. The predicted molar refractivity (Wildman–Crippen MR) is 57.3 cm³/mol. The molecule has 0 N–H and O–H groups in total. The average Bonchev–Trinajstić information content (AvgIpc) is 2.51. The fourth-order valence-electron chi connectivity index (χ4n) is 1.27. The molecule has 13 heavy (non-hydrogen) atoms. The van der Waals surface area contributed by atoms with Crippen molar-refractivity contribution in [2.24, 2.45) is 0 Å². The number of anilines is 1. The van der Waals surface area contributed by atoms with Gasteiger partial charge in [-0.25, -0.2) is 0 Å². The summed E-state index contributed by atoms with van der Waals surface area (Å²) < 4.78 is 5.17. The molecule has 0 saturated carbocycles. The number of hydrogen-bond donors (Lipinski definition) is 0. The lowest BCUT2D eigenvalue weighted by Crippen LogP contribution is -2.22. The third-order valence-electron chi connectivity index (χ3n) is 1.88. The van der Waals surface area contributed by atoms with Gasteiger partial charge in [0.15, 0.2) is 0 Å². The van der Waals surface area contributed by atoms with Gasteiger partial charge >= 0.3 is 0 Å². The first-order valence-electron chi connectivity index (χ1n) is 3.97. The molecule has 1 aromatic carbocycles. The topological polar surface area (TPSA) is 12.5 Å². The van der Waals surface area contributed by atoms with E-state index < -0.39 is 0 Å². The van der Waals surface area contributed by atoms with Gasteiger partial charge < -0.3 is 4.74 Å². The molecule has 0 atom stereocenters. The molecule has 0 aliphatic carbocycles. The molecule has 0 bridgehead atoms. The van der Waals surface area contributed by atoms with E-state index in [9.17, 15) is 0 Å². The Kier molecular flexibility index (Phi) is 2.38. The summed E-state index contributed by atoms with van der Waals surface area (Å²) in [5, 5.41) is 1.24. The van der Waals surface area contributed by atoms with Crippen molar-refractivity contribution in [1.29, 1.82) is 0 Å². The van der Waals surface area contributed by atoms with Crippen molar-refractivity contribution < 1.29 is 4.74 Å². The van der Waals surface area contributed by atoms with E-state index in [1.807, 2.05) is 29.2 Å². The van der Waals surface area contributed by atoms with Crippen LogP contribution in [-0.4, -0.2) is 18.3 Å². The first kappa shape index (κ1) is 8.78. The van der Waals surface area contributed by atoms with Gasteiger partial charge in [0.1, 0.15) is 6.61 Å². The number of benzene rings is 1. The summed E-state index contributed by atoms with van der Waals surface area (Å²) in [4.78, 5) is 1.93. The minimum atomic E-state index is 0.530. The molecule has 0 aromatic heterocycles. The molecule has 2 nitrogen and oxygen atoms in total. The molecule has 0 unspecified atom stereocenters. The minimum absolute atomic E-state index is 0.530. The summed E-state index contributed by atoms with van der Waals surface area (Å²) in [6, 6.07) is 7.58. The lowest BCUT2D eigenvalue weighted by Gasteiger charge is -2.14. The molecule has 4 heteroatoms. The first-order chi connectivity index (χ1) is 6.27. The van der Waals surface area contributed by atoms with Crippen molar-refractivity contribution >= 4 is 34.7 Å². The van der Waals surface area contributed by atoms with Gasteiger partial charge in [-0.05, 0) is 30.4 Å². The van der Waals surface area contributed by atoms with E-state index in [2.05, 4.69) is 0 Å². The number of halogens is 1. The van der Waals surface area contributed by atoms with Crippen molar-refractivity contribution in [3.8, 4) is 0 Å². The number of thiocarbonyl (C=S) groups is 1. The van der Waals surface area contributed by atoms with Crippen LogP contribution in [0.3, 0.4) is 0 Å². The molecule has 1 aliphatic heterocycles. The van der Waals surface area contributed by atoms with E-state index in [0.29, 0.717) is 16.8 Å². The molecule has 1 aliphatic rings. The quantitative estimate of drug-likeness (QED) is 0.665. The van der Waals surface area contributed by atoms with Crippen LogP contribution in [0.4, 0.5) is 5.69 Å². The zero-order valence-electron chi connectivity index (χ0n) is 6.87. The molecule has 0 radical (unpaired) electrons. The van der Waals surface area contributed by atoms with Crippen molar-refractivity contribution in [2.45, 2.75) is 0 Å². The van der Waals surface area contributed by atoms with E-state index in [0.717, 1.165) is 12.2 Å². The fraction of sp³-hybridized carbons (Fsp3) is 0.222. The second-order valence-electron chi connectivity index (χ2n) is 2.75. The number of nitrogens with zero attached hydrogens (tertiary/aromatic N) is 1. The molecule has 1 aromatic rings. The molecule has 0 amide bonds. The van der Waals surface area contributed by atoms with Crippen LogP contribution < -0.4 is 4.90 Å². The summed E-state index contributed by atoms with van der Waals surface area (Å²) in [5.74, 6) is 0. The SMILES string of the molecule is S=C1OCCN1c1cccc(Cl)c1. The standard InChI is InChI=1S/C9H8ClNOS/c10-7-2-1-3-8(6-7)11-4-5-12-9(11)13/h1-3,6H,4-5H2. The Bertz CT molecular complexity index is 342. The zero-order valence-corrected chi connectivity index (χ0v) is 8.44. The monoisotopic (exact) mass is 213 g/mol. The molecule has 1 fully saturated rings. The second kappa shape index (κ2) is 3.52. The van der Waals surface area contributed by atoms with Gasteiger partial charge in [-0.2, -0.15) is 0 Å². The van der Waals surface area contributed by atoms with Crippen LogP contribution >= 0.6 is 23.8 Å². The highest BCUT2D eigenvalue weighted by Gasteiger charge is 2.19. The third-order valence-corrected chi connectivity index (χ3v) is 2.45. The fourth-order valence-corrected chi connectivity index (χ4v) is 1.74. The summed E-state index contributed by atoms with van der Waals surface area (Å²) >= 11 is 10.9. The van der Waals surface area contributed by atoms with Gasteiger partial charge in [-0.1, -0.05) is 17.7 Å². The highest BCUT2D eigenvalue weighted by Crippen LogP contribution is 2.22. The van der Waals surface area contributed by atoms with Gasteiger partial charge in [-0.3, -0.25) is 4.90 Å². The van der Waals surface area contributed by atoms with Crippen LogP contribution in [0.1, 0.15) is 0 Å². The van der Waals surface area contributed by atoms with Crippen molar-refractivity contribution in [1.82, 2.24) is 0 Å². The van der Waals surface area contributed by atoms with E-state index >= 15 is 0 Å². The second-order valence-corrected chi connectivity index (χ2v) is 3.53. The Morgan fingerprint density at radius 1 is 1.46 bits per heavy atom. The van der Waals surface area contributed by atoms with Gasteiger partial charge in [0, 0.05) is 10.7 Å². The van der Waals surface area contributed by atoms with Crippen LogP contribution in [0.2, 0.25) is 5.02 Å². The highest BCUT2D eigenvalue weighted by molar-refractivity contribution is 7.80. The summed E-state index contributed by atoms with van der Waals surface area (Å²) in [6.45, 7) is 1.46. The van der Waals surface area contributed by atoms with Crippen LogP contribution in [0.25, 0.3) is 0 Å². The van der Waals surface area contributed by atoms with Gasteiger partial charge in [0.2, 0.25) is 0 Å². The maximum atomic E-state index is 5.86. The summed E-state index contributed by atoms with van der Waals surface area (Å²) in [5.41, 5.74) is 0.995. The van der Waals surface area contributed by atoms with E-state index in [4.69, 9.17) is 28.6 Å². The zero-order chi connectivity index (χ0) is 9.26. The molecule has 2 rings (SSSR count). The lowest BCUT2D eigenvalue weighted by atomic mass is 10.3.